The molecule has 10 nitrogen and oxygen atoms in total. The molecule has 1 amide bonds. The number of hydrogen-bond acceptors (Lipinski definition) is 9. The second-order valence-electron chi connectivity index (χ2n) is 7.59. The molecule has 11 heteroatoms. The molecule has 0 aliphatic carbocycles. The molecule has 0 bridgehead atoms. The Hall–Kier alpha value is -1.97. The molecule has 33 heavy (non-hydrogen) atoms. The first-order valence-corrected chi connectivity index (χ1v) is 12.8. The molecule has 188 valence electrons. The molecule has 2 N–H and O–H groups in total. The van der Waals surface area contributed by atoms with Gasteiger partial charge in [-0.05, 0) is 61.9 Å². The highest BCUT2D eigenvalue weighted by Crippen LogP contribution is 2.35. The van der Waals surface area contributed by atoms with Crippen LogP contribution in [-0.2, 0) is 30.0 Å². The molecule has 0 saturated heterocycles. The number of esters is 1. The van der Waals surface area contributed by atoms with Crippen LogP contribution < -0.4 is 14.9 Å². The predicted molar refractivity (Wildman–Crippen MR) is 120 cm³/mol. The van der Waals surface area contributed by atoms with Gasteiger partial charge in [0.2, 0.25) is 0 Å². The van der Waals surface area contributed by atoms with Gasteiger partial charge >= 0.3 is 12.1 Å². The zero-order valence-corrected chi connectivity index (χ0v) is 20.5. The number of nitrogens with one attached hydrogen (secondary N) is 1. The summed E-state index contributed by atoms with van der Waals surface area (Å²) in [5, 5.41) is 11.2. The Morgan fingerprint density at radius 1 is 1.09 bits per heavy atom. The summed E-state index contributed by atoms with van der Waals surface area (Å²) in [6.45, 7) is 6.55. The molecule has 0 aliphatic rings. The summed E-state index contributed by atoms with van der Waals surface area (Å²) in [5.74, 6) is 0.0224. The van der Waals surface area contributed by atoms with Gasteiger partial charge in [-0.2, -0.15) is 0 Å². The molecular formula is C22H35NO9P-. The predicted octanol–water partition coefficient (Wildman–Crippen LogP) is 2.94. The van der Waals surface area contributed by atoms with Crippen molar-refractivity contribution in [2.75, 3.05) is 32.7 Å². The van der Waals surface area contributed by atoms with E-state index >= 15 is 0 Å². The van der Waals surface area contributed by atoms with Crippen LogP contribution in [0.2, 0.25) is 0 Å². The van der Waals surface area contributed by atoms with Crippen LogP contribution in [0.1, 0.15) is 55.7 Å². The van der Waals surface area contributed by atoms with Gasteiger partial charge in [0.05, 0.1) is 6.61 Å². The number of aliphatic hydroxyl groups is 1. The Labute approximate surface area is 195 Å². The first kappa shape index (κ1) is 29.1. The first-order chi connectivity index (χ1) is 15.7. The maximum absolute atomic E-state index is 11.9. The van der Waals surface area contributed by atoms with Gasteiger partial charge in [-0.25, -0.2) is 9.59 Å². The van der Waals surface area contributed by atoms with E-state index < -0.39 is 26.0 Å². The minimum atomic E-state index is -4.10. The van der Waals surface area contributed by atoms with Crippen LogP contribution in [0, 0.1) is 13.8 Å². The summed E-state index contributed by atoms with van der Waals surface area (Å²) < 4.78 is 31.4. The van der Waals surface area contributed by atoms with Crippen LogP contribution in [0.25, 0.3) is 0 Å². The van der Waals surface area contributed by atoms with Crippen molar-refractivity contribution in [1.29, 1.82) is 0 Å². The minimum Gasteiger partial charge on any atom is -0.777 e. The number of unbranched alkanes of at least 4 members (excludes halogenated alkanes) is 3. The maximum Gasteiger partial charge on any atom is 0.407 e. The van der Waals surface area contributed by atoms with Gasteiger partial charge in [0.25, 0.3) is 0 Å². The lowest BCUT2D eigenvalue weighted by Crippen LogP contribution is -2.25. The first-order valence-electron chi connectivity index (χ1n) is 11.0. The second kappa shape index (κ2) is 15.8. The number of amides is 1. The molecule has 1 aromatic carbocycles. The summed E-state index contributed by atoms with van der Waals surface area (Å²) in [7, 11) is -4.10. The largest absolute Gasteiger partial charge is 0.777 e. The van der Waals surface area contributed by atoms with Crippen LogP contribution >= 0.6 is 7.60 Å². The quantitative estimate of drug-likeness (QED) is 0.155. The molecule has 0 fully saturated rings. The maximum atomic E-state index is 11.9. The van der Waals surface area contributed by atoms with Gasteiger partial charge in [0.1, 0.15) is 25.3 Å². The van der Waals surface area contributed by atoms with E-state index in [1.807, 2.05) is 20.8 Å². The van der Waals surface area contributed by atoms with Gasteiger partial charge in [-0.1, -0.05) is 19.8 Å². The summed E-state index contributed by atoms with van der Waals surface area (Å²) in [6.07, 6.45) is 2.08. The van der Waals surface area contributed by atoms with Crippen molar-refractivity contribution in [1.82, 2.24) is 5.32 Å². The lowest BCUT2D eigenvalue weighted by atomic mass is 10.1. The fourth-order valence-corrected chi connectivity index (χ4v) is 3.43. The number of aliphatic hydroxyl groups excluding tert-OH is 1. The zero-order valence-electron chi connectivity index (χ0n) is 19.6. The van der Waals surface area contributed by atoms with E-state index in [0.29, 0.717) is 31.7 Å². The molecule has 0 aromatic heterocycles. The average Bonchev–Trinajstić information content (AvgIpc) is 2.76. The Bertz CT molecular complexity index is 777. The van der Waals surface area contributed by atoms with Gasteiger partial charge < -0.3 is 38.6 Å². The third-order valence-electron chi connectivity index (χ3n) is 4.48. The van der Waals surface area contributed by atoms with Crippen LogP contribution in [0.4, 0.5) is 4.79 Å². The third kappa shape index (κ3) is 12.7. The fraction of sp³-hybridized carbons (Fsp3) is 0.636. The molecule has 1 atom stereocenters. The number of ether oxygens (including phenoxy) is 3. The number of carbonyl (C=O) groups excluding carboxylic acids is 2. The van der Waals surface area contributed by atoms with Crippen molar-refractivity contribution in [3.05, 3.63) is 28.8 Å². The van der Waals surface area contributed by atoms with E-state index in [0.717, 1.165) is 36.0 Å². The summed E-state index contributed by atoms with van der Waals surface area (Å²) in [4.78, 5) is 34.7. The minimum absolute atomic E-state index is 0.0419. The normalized spacial score (nSPS) is 12.8. The van der Waals surface area contributed by atoms with E-state index in [9.17, 15) is 19.0 Å². The number of alkyl carbamates (subject to hydrolysis) is 1. The van der Waals surface area contributed by atoms with Crippen LogP contribution in [-0.4, -0.2) is 49.9 Å². The standard InChI is InChI=1S/C22H36NO9P/c1-4-10-29-15-20(25)32-21-17(2)12-19(13-18(21)3)14-30-22(26)23-9-7-5-6-8-11-31-33(27,28)16-24/h12-13,24H,4-11,14-16H2,1-3H3,(H,23,26)(H,27,28)/p-1. The van der Waals surface area contributed by atoms with E-state index in [1.54, 1.807) is 12.1 Å². The number of rotatable bonds is 16. The van der Waals surface area contributed by atoms with E-state index in [-0.39, 0.29) is 19.8 Å². The van der Waals surface area contributed by atoms with Gasteiger partial charge in [-0.15, -0.1) is 0 Å². The lowest BCUT2D eigenvalue weighted by Gasteiger charge is -2.20. The molecule has 0 aliphatic heterocycles. The van der Waals surface area contributed by atoms with Crippen LogP contribution in [0.15, 0.2) is 12.1 Å². The zero-order chi connectivity index (χ0) is 24.7. The molecule has 0 spiro atoms. The average molecular weight is 488 g/mol. The number of aryl methyl sites for hydroxylation is 2. The van der Waals surface area contributed by atoms with Crippen molar-refractivity contribution in [2.24, 2.45) is 0 Å². The second-order valence-corrected chi connectivity index (χ2v) is 9.35. The van der Waals surface area contributed by atoms with Crippen molar-refractivity contribution in [2.45, 2.75) is 59.5 Å². The fourth-order valence-electron chi connectivity index (χ4n) is 2.94. The number of benzene rings is 1. The van der Waals surface area contributed by atoms with Crippen LogP contribution in [0.3, 0.4) is 0 Å². The van der Waals surface area contributed by atoms with Crippen molar-refractivity contribution in [3.63, 3.8) is 0 Å². The Morgan fingerprint density at radius 3 is 2.39 bits per heavy atom. The van der Waals surface area contributed by atoms with E-state index in [1.165, 1.54) is 0 Å². The highest BCUT2D eigenvalue weighted by atomic mass is 31.2. The van der Waals surface area contributed by atoms with Gasteiger partial charge in [0, 0.05) is 13.2 Å². The smallest absolute Gasteiger partial charge is 0.407 e. The molecule has 1 unspecified atom stereocenters. The SMILES string of the molecule is CCCOCC(=O)Oc1c(C)cc(COC(=O)NCCCCCCOP(=O)([O-])CO)cc1C. The topological polar surface area (TPSA) is 143 Å². The molecule has 1 rings (SSSR count). The molecule has 1 aromatic rings. The van der Waals surface area contributed by atoms with Gasteiger partial charge in [0.15, 0.2) is 7.60 Å². The summed E-state index contributed by atoms with van der Waals surface area (Å²) in [5.41, 5.74) is 2.30. The molecule has 0 radical (unpaired) electrons. The highest BCUT2D eigenvalue weighted by Gasteiger charge is 2.13. The summed E-state index contributed by atoms with van der Waals surface area (Å²) in [6, 6.07) is 3.60. The van der Waals surface area contributed by atoms with Gasteiger partial charge in [-0.3, -0.25) is 0 Å². The van der Waals surface area contributed by atoms with Crippen molar-refractivity contribution < 1.29 is 42.9 Å². The number of hydrogen-bond donors (Lipinski definition) is 2. The Morgan fingerprint density at radius 2 is 1.76 bits per heavy atom. The van der Waals surface area contributed by atoms with Crippen molar-refractivity contribution >= 4 is 19.7 Å². The molecule has 0 saturated carbocycles. The Balaban J connectivity index is 2.28. The lowest BCUT2D eigenvalue weighted by molar-refractivity contribution is -0.202. The molecular weight excluding hydrogens is 453 g/mol. The van der Waals surface area contributed by atoms with Crippen molar-refractivity contribution in [3.8, 4) is 5.75 Å². The van der Waals surface area contributed by atoms with Crippen LogP contribution in [0.5, 0.6) is 5.75 Å². The third-order valence-corrected chi connectivity index (χ3v) is 5.40. The van der Waals surface area contributed by atoms with E-state index in [4.69, 9.17) is 19.3 Å². The highest BCUT2D eigenvalue weighted by molar-refractivity contribution is 7.51. The Kier molecular flexibility index (Phi) is 13.9. The van der Waals surface area contributed by atoms with E-state index in [2.05, 4.69) is 9.84 Å². The number of carbonyl (C=O) groups is 2. The summed E-state index contributed by atoms with van der Waals surface area (Å²) >= 11 is 0. The molecule has 0 heterocycles. The monoisotopic (exact) mass is 488 g/mol.